The van der Waals surface area contributed by atoms with Gasteiger partial charge in [0.25, 0.3) is 0 Å². The molecule has 4 unspecified atom stereocenters. The van der Waals surface area contributed by atoms with Gasteiger partial charge in [-0.25, -0.2) is 0 Å². The summed E-state index contributed by atoms with van der Waals surface area (Å²) in [4.78, 5) is 80.4. The fraction of sp³-hybridized carbons (Fsp3) is 0.300. The highest BCUT2D eigenvalue weighted by molar-refractivity contribution is 5.88. The smallest absolute Gasteiger partial charge is 0.312 e. The predicted molar refractivity (Wildman–Crippen MR) is 270 cm³/mol. The van der Waals surface area contributed by atoms with Crippen LogP contribution in [0.4, 0.5) is 0 Å². The highest BCUT2D eigenvalue weighted by Gasteiger charge is 2.30. The van der Waals surface area contributed by atoms with Crippen molar-refractivity contribution in [3.8, 4) is 11.5 Å². The van der Waals surface area contributed by atoms with Gasteiger partial charge in [0.2, 0.25) is 13.6 Å². The molecule has 12 nitrogen and oxygen atoms in total. The molecule has 374 valence electrons. The number of carbonyl (C=O) groups excluding carboxylic acids is 6. The lowest BCUT2D eigenvalue weighted by molar-refractivity contribution is -0.174. The number of esters is 4. The second-order valence-electron chi connectivity index (χ2n) is 17.8. The van der Waals surface area contributed by atoms with E-state index in [9.17, 15) is 28.8 Å². The molecular weight excluding hydrogens is 913 g/mol. The van der Waals surface area contributed by atoms with Gasteiger partial charge in [-0.3, -0.25) is 24.0 Å². The summed E-state index contributed by atoms with van der Waals surface area (Å²) < 4.78 is 33.7. The lowest BCUT2D eigenvalue weighted by Gasteiger charge is -2.20. The van der Waals surface area contributed by atoms with E-state index in [0.29, 0.717) is 43.1 Å². The van der Waals surface area contributed by atoms with Crippen molar-refractivity contribution < 1.29 is 57.2 Å². The lowest BCUT2D eigenvalue weighted by Crippen LogP contribution is -2.29. The average Bonchev–Trinajstić information content (AvgIpc) is 3.40. The lowest BCUT2D eigenvalue weighted by atomic mass is 9.88. The topological polar surface area (TPSA) is 158 Å². The molecule has 0 saturated carbocycles. The van der Waals surface area contributed by atoms with Gasteiger partial charge < -0.3 is 33.2 Å². The van der Waals surface area contributed by atoms with Crippen molar-refractivity contribution in [1.29, 1.82) is 0 Å². The Morgan fingerprint density at radius 1 is 0.361 bits per heavy atom. The van der Waals surface area contributed by atoms with Crippen LogP contribution in [0.2, 0.25) is 0 Å². The van der Waals surface area contributed by atoms with E-state index >= 15 is 0 Å². The number of hydrogen-bond acceptors (Lipinski definition) is 12. The molecule has 0 fully saturated rings. The van der Waals surface area contributed by atoms with Crippen molar-refractivity contribution in [2.24, 2.45) is 23.7 Å². The van der Waals surface area contributed by atoms with Crippen LogP contribution in [0.25, 0.3) is 0 Å². The highest BCUT2D eigenvalue weighted by atomic mass is 16.7. The summed E-state index contributed by atoms with van der Waals surface area (Å²) in [5, 5.41) is 0. The van der Waals surface area contributed by atoms with Crippen LogP contribution in [-0.4, -0.2) is 49.0 Å². The van der Waals surface area contributed by atoms with E-state index in [1.54, 1.807) is 36.4 Å². The molecule has 0 N–H and O–H groups in total. The SMILES string of the molecule is CCC(Cc1ccccc1)C(=O)OCOC(=O)C(CC(=O)CC(Cc1ccc(OCc2ccccc2)cc1)C(=O)OCOC(=O)C(CC(C)=O)Cc1ccc(OCc2ccccc2)cc1)Cc1ccccc1. The van der Waals surface area contributed by atoms with Crippen molar-refractivity contribution in [2.45, 2.75) is 78.4 Å². The van der Waals surface area contributed by atoms with E-state index in [2.05, 4.69) is 0 Å². The molecule has 0 spiro atoms. The quantitative estimate of drug-likeness (QED) is 0.0324. The maximum atomic E-state index is 14.0. The summed E-state index contributed by atoms with van der Waals surface area (Å²) in [6, 6.07) is 52.5. The maximum Gasteiger partial charge on any atom is 0.312 e. The van der Waals surface area contributed by atoms with E-state index in [1.807, 2.05) is 140 Å². The van der Waals surface area contributed by atoms with Crippen molar-refractivity contribution in [3.05, 3.63) is 203 Å². The first kappa shape index (κ1) is 53.5. The molecule has 6 aromatic rings. The summed E-state index contributed by atoms with van der Waals surface area (Å²) in [7, 11) is 0. The second kappa shape index (κ2) is 28.7. The first-order valence-corrected chi connectivity index (χ1v) is 24.3. The molecule has 0 amide bonds. The Balaban J connectivity index is 1.09. The Morgan fingerprint density at radius 2 is 0.653 bits per heavy atom. The molecule has 72 heavy (non-hydrogen) atoms. The Bertz CT molecular complexity index is 2620. The van der Waals surface area contributed by atoms with Crippen molar-refractivity contribution in [2.75, 3.05) is 13.6 Å². The molecule has 6 aromatic carbocycles. The standard InChI is InChI=1S/C60H62O12/c1-3-50(33-44-16-8-4-9-17-44)57(63)69-41-71-59(65)52(34-45-18-10-5-11-19-45)37-54(62)38-53(36-47-26-30-56(31-27-47)68-40-49-22-14-7-15-23-49)60(66)72-42-70-58(64)51(32-43(2)61)35-46-24-28-55(29-25-46)67-39-48-20-12-6-13-21-48/h4-31,50-53H,3,32-42H2,1-2H3. The molecule has 0 saturated heterocycles. The summed E-state index contributed by atoms with van der Waals surface area (Å²) in [5.41, 5.74) is 5.24. The molecule has 0 aromatic heterocycles. The van der Waals surface area contributed by atoms with E-state index in [4.69, 9.17) is 28.4 Å². The number of ether oxygens (including phenoxy) is 6. The van der Waals surface area contributed by atoms with Crippen LogP contribution in [0.15, 0.2) is 170 Å². The largest absolute Gasteiger partial charge is 0.489 e. The third kappa shape index (κ3) is 18.5. The van der Waals surface area contributed by atoms with Crippen LogP contribution in [0.5, 0.6) is 11.5 Å². The van der Waals surface area contributed by atoms with Crippen LogP contribution in [0.1, 0.15) is 72.9 Å². The van der Waals surface area contributed by atoms with Gasteiger partial charge in [0.1, 0.15) is 36.3 Å². The minimum absolute atomic E-state index is 0.0703. The number of Topliss-reactive ketones (excluding diaryl/α,β-unsaturated/α-hetero) is 2. The predicted octanol–water partition coefficient (Wildman–Crippen LogP) is 10.4. The maximum absolute atomic E-state index is 14.0. The van der Waals surface area contributed by atoms with Gasteiger partial charge in [0.05, 0.1) is 23.7 Å². The number of hydrogen-bond donors (Lipinski definition) is 0. The zero-order valence-electron chi connectivity index (χ0n) is 40.9. The minimum Gasteiger partial charge on any atom is -0.489 e. The molecule has 0 heterocycles. The first-order chi connectivity index (χ1) is 35.0. The third-order valence-electron chi connectivity index (χ3n) is 12.1. The first-order valence-electron chi connectivity index (χ1n) is 24.3. The Kier molecular flexibility index (Phi) is 21.3. The van der Waals surface area contributed by atoms with Crippen LogP contribution in [0.3, 0.4) is 0 Å². The van der Waals surface area contributed by atoms with Gasteiger partial charge in [-0.1, -0.05) is 153 Å². The second-order valence-corrected chi connectivity index (χ2v) is 17.8. The Morgan fingerprint density at radius 3 is 0.986 bits per heavy atom. The van der Waals surface area contributed by atoms with E-state index in [1.165, 1.54) is 6.92 Å². The summed E-state index contributed by atoms with van der Waals surface area (Å²) in [5.74, 6) is -5.47. The molecular formula is C60H62O12. The highest BCUT2D eigenvalue weighted by Crippen LogP contribution is 2.24. The Hall–Kier alpha value is -7.86. The van der Waals surface area contributed by atoms with Crippen molar-refractivity contribution in [3.63, 3.8) is 0 Å². The minimum atomic E-state index is -1.05. The average molecular weight is 975 g/mol. The monoisotopic (exact) mass is 974 g/mol. The summed E-state index contributed by atoms with van der Waals surface area (Å²) in [6.07, 6.45) is 0.700. The van der Waals surface area contributed by atoms with Gasteiger partial charge in [0.15, 0.2) is 0 Å². The zero-order chi connectivity index (χ0) is 50.9. The van der Waals surface area contributed by atoms with Crippen LogP contribution in [-0.2, 0) is 86.6 Å². The molecule has 4 atom stereocenters. The molecule has 0 aliphatic carbocycles. The van der Waals surface area contributed by atoms with Gasteiger partial charge in [-0.2, -0.15) is 0 Å². The van der Waals surface area contributed by atoms with Gasteiger partial charge in [-0.15, -0.1) is 0 Å². The number of ketones is 2. The van der Waals surface area contributed by atoms with Crippen LogP contribution in [0, 0.1) is 23.7 Å². The van der Waals surface area contributed by atoms with E-state index < -0.39 is 66.9 Å². The van der Waals surface area contributed by atoms with Gasteiger partial charge in [-0.05, 0) is 96.7 Å². The number of benzene rings is 6. The molecule has 12 heteroatoms. The van der Waals surface area contributed by atoms with E-state index in [0.717, 1.165) is 27.8 Å². The fourth-order valence-electron chi connectivity index (χ4n) is 8.15. The summed E-state index contributed by atoms with van der Waals surface area (Å²) in [6.45, 7) is 2.65. The van der Waals surface area contributed by atoms with Gasteiger partial charge in [0, 0.05) is 19.3 Å². The molecule has 0 aliphatic rings. The van der Waals surface area contributed by atoms with E-state index in [-0.39, 0.29) is 44.3 Å². The Labute approximate surface area is 421 Å². The fourth-order valence-corrected chi connectivity index (χ4v) is 8.15. The van der Waals surface area contributed by atoms with Crippen LogP contribution >= 0.6 is 0 Å². The number of rotatable bonds is 29. The number of carbonyl (C=O) groups is 6. The van der Waals surface area contributed by atoms with Gasteiger partial charge >= 0.3 is 23.9 Å². The van der Waals surface area contributed by atoms with Crippen molar-refractivity contribution >= 4 is 35.4 Å². The molecule has 6 rings (SSSR count). The summed E-state index contributed by atoms with van der Waals surface area (Å²) >= 11 is 0. The normalized spacial score (nSPS) is 12.5. The van der Waals surface area contributed by atoms with Crippen molar-refractivity contribution in [1.82, 2.24) is 0 Å². The van der Waals surface area contributed by atoms with Crippen LogP contribution < -0.4 is 9.47 Å². The third-order valence-corrected chi connectivity index (χ3v) is 12.1. The molecule has 0 aliphatic heterocycles. The zero-order valence-corrected chi connectivity index (χ0v) is 40.9. The molecule has 0 radical (unpaired) electrons. The molecule has 0 bridgehead atoms.